The Kier molecular flexibility index (Phi) is 8.18. The van der Waals surface area contributed by atoms with Crippen LogP contribution in [0.2, 0.25) is 0 Å². The van der Waals surface area contributed by atoms with Crippen LogP contribution >= 0.6 is 11.3 Å². The van der Waals surface area contributed by atoms with Gasteiger partial charge in [-0.3, -0.25) is 9.89 Å². The van der Waals surface area contributed by atoms with Crippen molar-refractivity contribution in [2.24, 2.45) is 10.9 Å². The lowest BCUT2D eigenvalue weighted by molar-refractivity contribution is 0.169. The van der Waals surface area contributed by atoms with E-state index >= 15 is 0 Å². The van der Waals surface area contributed by atoms with Gasteiger partial charge in [-0.2, -0.15) is 0 Å². The summed E-state index contributed by atoms with van der Waals surface area (Å²) in [7, 11) is 3.56. The summed E-state index contributed by atoms with van der Waals surface area (Å²) >= 11 is 1.85. The molecule has 1 saturated heterocycles. The van der Waals surface area contributed by atoms with Gasteiger partial charge in [-0.25, -0.2) is 0 Å². The number of benzene rings is 1. The summed E-state index contributed by atoms with van der Waals surface area (Å²) in [5, 5.41) is 9.11. The molecule has 6 heteroatoms. The maximum absolute atomic E-state index is 5.43. The molecule has 5 nitrogen and oxygen atoms in total. The lowest BCUT2D eigenvalue weighted by Crippen LogP contribution is -2.44. The number of piperidine rings is 1. The number of thiophene rings is 1. The quantitative estimate of drug-likeness (QED) is 0.527. The van der Waals surface area contributed by atoms with Crippen LogP contribution in [0.4, 0.5) is 0 Å². The van der Waals surface area contributed by atoms with Gasteiger partial charge >= 0.3 is 0 Å². The molecule has 0 radical (unpaired) electrons. The van der Waals surface area contributed by atoms with Gasteiger partial charge < -0.3 is 15.4 Å². The maximum atomic E-state index is 5.43. The first kappa shape index (κ1) is 20.7. The molecule has 2 N–H and O–H groups in total. The van der Waals surface area contributed by atoms with Gasteiger partial charge in [0.25, 0.3) is 0 Å². The van der Waals surface area contributed by atoms with Crippen molar-refractivity contribution in [3.63, 3.8) is 0 Å². The minimum Gasteiger partial charge on any atom is -0.496 e. The Hall–Kier alpha value is -2.05. The van der Waals surface area contributed by atoms with Crippen molar-refractivity contribution in [2.75, 3.05) is 40.3 Å². The van der Waals surface area contributed by atoms with Crippen molar-refractivity contribution in [1.29, 1.82) is 0 Å². The Morgan fingerprint density at radius 2 is 2.14 bits per heavy atom. The second-order valence-electron chi connectivity index (χ2n) is 7.26. The van der Waals surface area contributed by atoms with Gasteiger partial charge in [-0.1, -0.05) is 24.3 Å². The molecule has 1 aliphatic heterocycles. The first-order chi connectivity index (χ1) is 13.8. The molecule has 1 fully saturated rings. The SMILES string of the molecule is CN=C(NCCc1ccccc1OC)NCC1CCCN(Cc2cccs2)C1. The first-order valence-corrected chi connectivity index (χ1v) is 11.0. The van der Waals surface area contributed by atoms with Crippen molar-refractivity contribution in [2.45, 2.75) is 25.8 Å². The smallest absolute Gasteiger partial charge is 0.190 e. The van der Waals surface area contributed by atoms with Crippen LogP contribution in [0.3, 0.4) is 0 Å². The third-order valence-electron chi connectivity index (χ3n) is 5.22. The molecule has 1 atom stereocenters. The highest BCUT2D eigenvalue weighted by atomic mass is 32.1. The second-order valence-corrected chi connectivity index (χ2v) is 8.30. The van der Waals surface area contributed by atoms with Crippen molar-refractivity contribution in [3.8, 4) is 5.75 Å². The molecule has 2 heterocycles. The van der Waals surface area contributed by atoms with Crippen molar-refractivity contribution >= 4 is 17.3 Å². The van der Waals surface area contributed by atoms with Crippen LogP contribution in [-0.2, 0) is 13.0 Å². The van der Waals surface area contributed by atoms with Gasteiger partial charge in [0.2, 0.25) is 0 Å². The van der Waals surface area contributed by atoms with Crippen LogP contribution in [0.25, 0.3) is 0 Å². The summed E-state index contributed by atoms with van der Waals surface area (Å²) in [4.78, 5) is 8.42. The largest absolute Gasteiger partial charge is 0.496 e. The van der Waals surface area contributed by atoms with E-state index in [0.717, 1.165) is 44.3 Å². The Morgan fingerprint density at radius 1 is 1.25 bits per heavy atom. The molecular weight excluding hydrogens is 368 g/mol. The highest BCUT2D eigenvalue weighted by Crippen LogP contribution is 2.20. The van der Waals surface area contributed by atoms with E-state index in [4.69, 9.17) is 4.74 Å². The van der Waals surface area contributed by atoms with E-state index < -0.39 is 0 Å². The molecule has 1 aromatic carbocycles. The Labute approximate surface area is 172 Å². The van der Waals surface area contributed by atoms with Crippen molar-refractivity contribution in [3.05, 3.63) is 52.2 Å². The molecular formula is C22H32N4OS. The van der Waals surface area contributed by atoms with Crippen LogP contribution in [0.1, 0.15) is 23.3 Å². The summed E-state index contributed by atoms with van der Waals surface area (Å²) in [6.07, 6.45) is 3.46. The number of likely N-dealkylation sites (tertiary alicyclic amines) is 1. The number of nitrogens with one attached hydrogen (secondary N) is 2. The lowest BCUT2D eigenvalue weighted by atomic mass is 9.98. The lowest BCUT2D eigenvalue weighted by Gasteiger charge is -2.32. The van der Waals surface area contributed by atoms with E-state index in [1.807, 2.05) is 30.5 Å². The molecule has 1 aliphatic rings. The summed E-state index contributed by atoms with van der Waals surface area (Å²) < 4.78 is 5.43. The summed E-state index contributed by atoms with van der Waals surface area (Å²) in [6, 6.07) is 12.6. The average molecular weight is 401 g/mol. The molecule has 1 unspecified atom stereocenters. The summed E-state index contributed by atoms with van der Waals surface area (Å²) in [5.74, 6) is 2.49. The number of nitrogens with zero attached hydrogens (tertiary/aromatic N) is 2. The topological polar surface area (TPSA) is 48.9 Å². The zero-order valence-corrected chi connectivity index (χ0v) is 17.8. The van der Waals surface area contributed by atoms with E-state index in [0.29, 0.717) is 5.92 Å². The molecule has 0 spiro atoms. The van der Waals surface area contributed by atoms with E-state index in [1.165, 1.54) is 29.8 Å². The Bertz CT molecular complexity index is 732. The summed E-state index contributed by atoms with van der Waals surface area (Å²) in [5.41, 5.74) is 1.21. The highest BCUT2D eigenvalue weighted by Gasteiger charge is 2.20. The van der Waals surface area contributed by atoms with Gasteiger partial charge in [0.15, 0.2) is 5.96 Å². The van der Waals surface area contributed by atoms with Crippen LogP contribution in [0.15, 0.2) is 46.8 Å². The van der Waals surface area contributed by atoms with Crippen LogP contribution in [0.5, 0.6) is 5.75 Å². The number of guanidine groups is 1. The van der Waals surface area contributed by atoms with E-state index in [9.17, 15) is 0 Å². The predicted octanol–water partition coefficient (Wildman–Crippen LogP) is 3.38. The fourth-order valence-electron chi connectivity index (χ4n) is 3.77. The predicted molar refractivity (Wildman–Crippen MR) is 118 cm³/mol. The molecule has 28 heavy (non-hydrogen) atoms. The highest BCUT2D eigenvalue weighted by molar-refractivity contribution is 7.09. The third-order valence-corrected chi connectivity index (χ3v) is 6.08. The van der Waals surface area contributed by atoms with Gasteiger partial charge in [0, 0.05) is 38.1 Å². The number of para-hydroxylation sites is 1. The van der Waals surface area contributed by atoms with Gasteiger partial charge in [-0.15, -0.1) is 11.3 Å². The minimum atomic E-state index is 0.668. The van der Waals surface area contributed by atoms with Crippen LogP contribution < -0.4 is 15.4 Å². The fourth-order valence-corrected chi connectivity index (χ4v) is 4.52. The van der Waals surface area contributed by atoms with Gasteiger partial charge in [0.05, 0.1) is 7.11 Å². The third kappa shape index (κ3) is 6.24. The first-order valence-electron chi connectivity index (χ1n) is 10.1. The van der Waals surface area contributed by atoms with Crippen LogP contribution in [0, 0.1) is 5.92 Å². The molecule has 152 valence electrons. The normalized spacial score (nSPS) is 18.1. The molecule has 0 bridgehead atoms. The standard InChI is InChI=1S/C22H32N4OS/c1-23-22(24-12-11-19-8-3-4-10-21(19)27-2)25-15-18-7-5-13-26(16-18)17-20-9-6-14-28-20/h3-4,6,8-10,14,18H,5,7,11-13,15-17H2,1-2H3,(H2,23,24,25). The molecule has 2 aromatic rings. The number of methoxy groups -OCH3 is 1. The minimum absolute atomic E-state index is 0.668. The van der Waals surface area contributed by atoms with E-state index in [2.05, 4.69) is 50.2 Å². The van der Waals surface area contributed by atoms with Crippen molar-refractivity contribution < 1.29 is 4.74 Å². The molecule has 0 saturated carbocycles. The number of hydrogen-bond donors (Lipinski definition) is 2. The summed E-state index contributed by atoms with van der Waals surface area (Å²) in [6.45, 7) is 5.24. The monoisotopic (exact) mass is 400 g/mol. The van der Waals surface area contributed by atoms with E-state index in [1.54, 1.807) is 7.11 Å². The Balaban J connectivity index is 1.40. The molecule has 3 rings (SSSR count). The van der Waals surface area contributed by atoms with Crippen LogP contribution in [-0.4, -0.2) is 51.2 Å². The zero-order chi connectivity index (χ0) is 19.6. The maximum Gasteiger partial charge on any atom is 0.190 e. The fraction of sp³-hybridized carbons (Fsp3) is 0.500. The molecule has 1 aromatic heterocycles. The van der Waals surface area contributed by atoms with E-state index in [-0.39, 0.29) is 0 Å². The number of ether oxygens (including phenoxy) is 1. The average Bonchev–Trinajstić information content (AvgIpc) is 3.24. The van der Waals surface area contributed by atoms with Crippen molar-refractivity contribution in [1.82, 2.24) is 15.5 Å². The number of rotatable bonds is 8. The Morgan fingerprint density at radius 3 is 2.93 bits per heavy atom. The molecule has 0 amide bonds. The second kappa shape index (κ2) is 11.1. The number of hydrogen-bond acceptors (Lipinski definition) is 4. The number of aliphatic imine (C=N–C) groups is 1. The molecule has 0 aliphatic carbocycles. The van der Waals surface area contributed by atoms with Gasteiger partial charge in [0.1, 0.15) is 5.75 Å². The van der Waals surface area contributed by atoms with Gasteiger partial charge in [-0.05, 0) is 54.8 Å². The zero-order valence-electron chi connectivity index (χ0n) is 17.0.